The summed E-state index contributed by atoms with van der Waals surface area (Å²) in [4.78, 5) is 4.05. The van der Waals surface area contributed by atoms with Gasteiger partial charge in [0.2, 0.25) is 0 Å². The molecule has 1 aromatic rings. The Morgan fingerprint density at radius 1 is 1.32 bits per heavy atom. The van der Waals surface area contributed by atoms with Gasteiger partial charge in [-0.2, -0.15) is 0 Å². The summed E-state index contributed by atoms with van der Waals surface area (Å²) in [6.45, 7) is 2.90. The van der Waals surface area contributed by atoms with Gasteiger partial charge in [0.25, 0.3) is 0 Å². The van der Waals surface area contributed by atoms with Crippen LogP contribution in [0.2, 0.25) is 10.3 Å². The van der Waals surface area contributed by atoms with Crippen LogP contribution < -0.4 is 5.32 Å². The molecule has 1 aliphatic rings. The number of anilines is 1. The molecule has 1 aliphatic carbocycles. The van der Waals surface area contributed by atoms with Crippen molar-refractivity contribution >= 4 is 28.9 Å². The monoisotopic (exact) mass is 302 g/mol. The van der Waals surface area contributed by atoms with E-state index < -0.39 is 0 Å². The molecule has 19 heavy (non-hydrogen) atoms. The highest BCUT2D eigenvalue weighted by Gasteiger charge is 2.31. The molecule has 1 heterocycles. The summed E-state index contributed by atoms with van der Waals surface area (Å²) in [7, 11) is 0. The van der Waals surface area contributed by atoms with Crippen molar-refractivity contribution < 1.29 is 5.11 Å². The molecule has 3 nitrogen and oxygen atoms in total. The highest BCUT2D eigenvalue weighted by atomic mass is 35.5. The molecule has 106 valence electrons. The minimum atomic E-state index is -0.0202. The first-order chi connectivity index (χ1) is 9.06. The molecule has 0 bridgehead atoms. The van der Waals surface area contributed by atoms with Crippen molar-refractivity contribution in [3.05, 3.63) is 21.9 Å². The van der Waals surface area contributed by atoms with Crippen molar-refractivity contribution in [3.63, 3.8) is 0 Å². The van der Waals surface area contributed by atoms with Gasteiger partial charge in [-0.25, -0.2) is 4.98 Å². The van der Waals surface area contributed by atoms with Crippen LogP contribution in [0.15, 0.2) is 6.07 Å². The van der Waals surface area contributed by atoms with Crippen LogP contribution in [0.4, 0.5) is 5.69 Å². The van der Waals surface area contributed by atoms with Crippen molar-refractivity contribution in [1.29, 1.82) is 0 Å². The predicted octanol–water partition coefficient (Wildman–Crippen LogP) is 4.05. The second-order valence-corrected chi connectivity index (χ2v) is 6.25. The van der Waals surface area contributed by atoms with Gasteiger partial charge in [0.15, 0.2) is 5.15 Å². The lowest BCUT2D eigenvalue weighted by atomic mass is 9.74. The van der Waals surface area contributed by atoms with Crippen LogP contribution in [0, 0.1) is 12.3 Å². The highest BCUT2D eigenvalue weighted by molar-refractivity contribution is 6.34. The lowest BCUT2D eigenvalue weighted by molar-refractivity contribution is 0.0944. The molecule has 1 aromatic heterocycles. The van der Waals surface area contributed by atoms with E-state index in [1.165, 1.54) is 19.3 Å². The molecular weight excluding hydrogens is 283 g/mol. The van der Waals surface area contributed by atoms with E-state index in [1.54, 1.807) is 6.07 Å². The number of aliphatic hydroxyl groups excluding tert-OH is 1. The van der Waals surface area contributed by atoms with E-state index >= 15 is 0 Å². The lowest BCUT2D eigenvalue weighted by Crippen LogP contribution is -2.35. The van der Waals surface area contributed by atoms with Crippen LogP contribution in [0.25, 0.3) is 0 Å². The van der Waals surface area contributed by atoms with E-state index in [1.807, 2.05) is 6.92 Å². The third-order valence-corrected chi connectivity index (χ3v) is 4.50. The first kappa shape index (κ1) is 14.9. The van der Waals surface area contributed by atoms with E-state index in [0.717, 1.165) is 30.6 Å². The average Bonchev–Trinajstić information content (AvgIpc) is 2.38. The largest absolute Gasteiger partial charge is 0.396 e. The first-order valence-corrected chi connectivity index (χ1v) is 7.49. The van der Waals surface area contributed by atoms with Gasteiger partial charge >= 0.3 is 0 Å². The van der Waals surface area contributed by atoms with Gasteiger partial charge in [-0.05, 0) is 31.4 Å². The molecule has 0 spiro atoms. The van der Waals surface area contributed by atoms with Gasteiger partial charge in [0, 0.05) is 12.0 Å². The van der Waals surface area contributed by atoms with E-state index in [9.17, 15) is 5.11 Å². The molecule has 0 saturated heterocycles. The molecule has 0 aliphatic heterocycles. The summed E-state index contributed by atoms with van der Waals surface area (Å²) in [6, 6.07) is 1.79. The van der Waals surface area contributed by atoms with Crippen molar-refractivity contribution in [3.8, 4) is 0 Å². The molecule has 0 aromatic carbocycles. The zero-order chi connectivity index (χ0) is 13.9. The number of hydrogen-bond donors (Lipinski definition) is 2. The minimum absolute atomic E-state index is 0.0202. The number of aromatic nitrogens is 1. The second-order valence-electron chi connectivity index (χ2n) is 5.50. The first-order valence-electron chi connectivity index (χ1n) is 6.74. The normalized spacial score (nSPS) is 18.3. The minimum Gasteiger partial charge on any atom is -0.396 e. The number of rotatable bonds is 4. The van der Waals surface area contributed by atoms with Crippen LogP contribution in [0.1, 0.15) is 37.7 Å². The smallest absolute Gasteiger partial charge is 0.154 e. The summed E-state index contributed by atoms with van der Waals surface area (Å²) in [6.07, 6.45) is 5.77. The zero-order valence-corrected chi connectivity index (χ0v) is 12.7. The van der Waals surface area contributed by atoms with Gasteiger partial charge in [-0.1, -0.05) is 42.5 Å². The Bertz CT molecular complexity index is 422. The number of aliphatic hydroxyl groups is 1. The summed E-state index contributed by atoms with van der Waals surface area (Å²) in [5.41, 5.74) is 1.78. The van der Waals surface area contributed by atoms with Crippen LogP contribution in [-0.2, 0) is 0 Å². The summed E-state index contributed by atoms with van der Waals surface area (Å²) < 4.78 is 0. The molecular formula is C14H20Cl2N2O. The molecule has 1 fully saturated rings. The molecule has 1 saturated carbocycles. The van der Waals surface area contributed by atoms with E-state index in [-0.39, 0.29) is 12.0 Å². The fourth-order valence-electron chi connectivity index (χ4n) is 2.78. The molecule has 0 unspecified atom stereocenters. The summed E-state index contributed by atoms with van der Waals surface area (Å²) in [5, 5.41) is 13.9. The molecule has 5 heteroatoms. The maximum Gasteiger partial charge on any atom is 0.154 e. The van der Waals surface area contributed by atoms with Crippen LogP contribution in [0.5, 0.6) is 0 Å². The molecule has 2 N–H and O–H groups in total. The fourth-order valence-corrected chi connectivity index (χ4v) is 3.37. The Kier molecular flexibility index (Phi) is 4.93. The molecule has 2 rings (SSSR count). The Hall–Kier alpha value is -0.510. The number of pyridine rings is 1. The van der Waals surface area contributed by atoms with Gasteiger partial charge in [0.1, 0.15) is 5.15 Å². The van der Waals surface area contributed by atoms with Crippen molar-refractivity contribution in [2.45, 2.75) is 39.0 Å². The molecule has 0 radical (unpaired) electrons. The predicted molar refractivity (Wildman–Crippen MR) is 80.1 cm³/mol. The third-order valence-electron chi connectivity index (χ3n) is 4.03. The van der Waals surface area contributed by atoms with Crippen molar-refractivity contribution in [1.82, 2.24) is 4.98 Å². The van der Waals surface area contributed by atoms with Crippen LogP contribution in [-0.4, -0.2) is 23.2 Å². The average molecular weight is 303 g/mol. The SMILES string of the molecule is Cc1cc(Cl)nc(Cl)c1NCC1(CO)CCCCC1. The number of nitrogens with zero attached hydrogens (tertiary/aromatic N) is 1. The van der Waals surface area contributed by atoms with Crippen molar-refractivity contribution in [2.75, 3.05) is 18.5 Å². The lowest BCUT2D eigenvalue weighted by Gasteiger charge is -2.36. The number of aryl methyl sites for hydroxylation is 1. The third kappa shape index (κ3) is 3.53. The van der Waals surface area contributed by atoms with E-state index in [4.69, 9.17) is 23.2 Å². The molecule has 0 amide bonds. The number of halogens is 2. The van der Waals surface area contributed by atoms with E-state index in [0.29, 0.717) is 10.3 Å². The fraction of sp³-hybridized carbons (Fsp3) is 0.643. The van der Waals surface area contributed by atoms with Gasteiger partial charge < -0.3 is 10.4 Å². The Labute approximate surface area is 124 Å². The van der Waals surface area contributed by atoms with Gasteiger partial charge in [-0.3, -0.25) is 0 Å². The summed E-state index contributed by atoms with van der Waals surface area (Å²) in [5.74, 6) is 0. The van der Waals surface area contributed by atoms with Crippen LogP contribution >= 0.6 is 23.2 Å². The second kappa shape index (κ2) is 6.29. The maximum atomic E-state index is 9.69. The van der Waals surface area contributed by atoms with Gasteiger partial charge in [-0.15, -0.1) is 0 Å². The Morgan fingerprint density at radius 2 is 2.00 bits per heavy atom. The summed E-state index contributed by atoms with van der Waals surface area (Å²) >= 11 is 12.0. The highest BCUT2D eigenvalue weighted by Crippen LogP contribution is 2.37. The number of nitrogens with one attached hydrogen (secondary N) is 1. The standard InChI is InChI=1S/C14H20Cl2N2O/c1-10-7-11(15)18-13(16)12(10)17-8-14(9-19)5-3-2-4-6-14/h7,17,19H,2-6,8-9H2,1H3. The van der Waals surface area contributed by atoms with Crippen LogP contribution in [0.3, 0.4) is 0 Å². The van der Waals surface area contributed by atoms with Gasteiger partial charge in [0.05, 0.1) is 12.3 Å². The Morgan fingerprint density at radius 3 is 2.58 bits per heavy atom. The Balaban J connectivity index is 2.09. The maximum absolute atomic E-state index is 9.69. The van der Waals surface area contributed by atoms with Crippen molar-refractivity contribution in [2.24, 2.45) is 5.41 Å². The quantitative estimate of drug-likeness (QED) is 0.825. The zero-order valence-electron chi connectivity index (χ0n) is 11.2. The van der Waals surface area contributed by atoms with E-state index in [2.05, 4.69) is 10.3 Å². The topological polar surface area (TPSA) is 45.2 Å². The number of hydrogen-bond acceptors (Lipinski definition) is 3. The molecule has 0 atom stereocenters.